The highest BCUT2D eigenvalue weighted by molar-refractivity contribution is 5.45. The van der Waals surface area contributed by atoms with E-state index >= 15 is 0 Å². The molecule has 0 heterocycles. The van der Waals surface area contributed by atoms with Crippen molar-refractivity contribution in [3.8, 4) is 11.5 Å². The molecule has 3 nitrogen and oxygen atoms in total. The van der Waals surface area contributed by atoms with Crippen LogP contribution in [-0.4, -0.2) is 27.3 Å². The van der Waals surface area contributed by atoms with E-state index in [0.29, 0.717) is 5.41 Å². The average Bonchev–Trinajstić information content (AvgIpc) is 2.94. The highest BCUT2D eigenvalue weighted by Crippen LogP contribution is 2.42. The average molecular weight is 264 g/mol. The summed E-state index contributed by atoms with van der Waals surface area (Å²) in [6, 6.07) is 6.43. The number of methoxy groups -OCH3 is 2. The first-order valence-corrected chi connectivity index (χ1v) is 7.30. The van der Waals surface area contributed by atoms with E-state index in [-0.39, 0.29) is 0 Å². The van der Waals surface area contributed by atoms with Gasteiger partial charge in [-0.3, -0.25) is 0 Å². The molecule has 106 valence electrons. The van der Waals surface area contributed by atoms with Crippen LogP contribution in [0.15, 0.2) is 18.2 Å². The van der Waals surface area contributed by atoms with Crippen LogP contribution >= 0.6 is 0 Å². The Morgan fingerprint density at radius 1 is 1.11 bits per heavy atom. The van der Waals surface area contributed by atoms with Crippen LogP contribution in [0.1, 0.15) is 38.2 Å². The molecule has 3 heteroatoms. The van der Waals surface area contributed by atoms with Gasteiger partial charge in [-0.05, 0) is 37.5 Å². The Labute approximate surface area is 116 Å². The molecule has 0 radical (unpaired) electrons. The molecule has 1 aliphatic carbocycles. The molecule has 1 aliphatic rings. The molecular weight excluding hydrogens is 238 g/mol. The maximum Gasteiger partial charge on any atom is 0.161 e. The molecule has 0 unspecified atom stereocenters. The van der Waals surface area contributed by atoms with Gasteiger partial charge >= 0.3 is 0 Å². The zero-order chi connectivity index (χ0) is 13.7. The minimum atomic E-state index is 0.329. The standard InChI is InChI=1S/C16H25NO2/c1-4-17-12-16(9-5-6-10-16)13-7-8-14(18-2)15(11-13)19-3/h7-8,11,17H,4-6,9-10,12H2,1-3H3/p+1. The number of quaternary nitrogens is 1. The fraction of sp³-hybridized carbons (Fsp3) is 0.625. The lowest BCUT2D eigenvalue weighted by Gasteiger charge is -2.28. The second kappa shape index (κ2) is 6.29. The maximum atomic E-state index is 5.45. The van der Waals surface area contributed by atoms with Crippen LogP contribution in [0.2, 0.25) is 0 Å². The summed E-state index contributed by atoms with van der Waals surface area (Å²) in [4.78, 5) is 0. The van der Waals surface area contributed by atoms with E-state index in [0.717, 1.165) is 18.0 Å². The largest absolute Gasteiger partial charge is 0.493 e. The van der Waals surface area contributed by atoms with E-state index in [4.69, 9.17) is 9.47 Å². The topological polar surface area (TPSA) is 35.1 Å². The third kappa shape index (κ3) is 2.86. The smallest absolute Gasteiger partial charge is 0.161 e. The first-order chi connectivity index (χ1) is 9.25. The molecule has 1 fully saturated rings. The Morgan fingerprint density at radius 3 is 2.37 bits per heavy atom. The Balaban J connectivity index is 2.31. The third-order valence-electron chi connectivity index (χ3n) is 4.38. The first-order valence-electron chi connectivity index (χ1n) is 7.30. The van der Waals surface area contributed by atoms with Crippen molar-refractivity contribution in [3.63, 3.8) is 0 Å². The summed E-state index contributed by atoms with van der Waals surface area (Å²) in [7, 11) is 3.40. The molecule has 0 aromatic heterocycles. The molecule has 2 rings (SSSR count). The first kappa shape index (κ1) is 14.2. The number of nitrogens with two attached hydrogens (primary N) is 1. The van der Waals surface area contributed by atoms with E-state index in [9.17, 15) is 0 Å². The second-order valence-corrected chi connectivity index (χ2v) is 5.46. The number of benzene rings is 1. The third-order valence-corrected chi connectivity index (χ3v) is 4.38. The summed E-state index contributed by atoms with van der Waals surface area (Å²) >= 11 is 0. The summed E-state index contributed by atoms with van der Waals surface area (Å²) in [5, 5.41) is 2.42. The van der Waals surface area contributed by atoms with Crippen molar-refractivity contribution in [1.82, 2.24) is 0 Å². The van der Waals surface area contributed by atoms with Crippen LogP contribution in [0.4, 0.5) is 0 Å². The molecule has 0 aliphatic heterocycles. The van der Waals surface area contributed by atoms with Gasteiger partial charge in [-0.15, -0.1) is 0 Å². The molecule has 1 saturated carbocycles. The molecule has 0 atom stereocenters. The molecule has 2 N–H and O–H groups in total. The maximum absolute atomic E-state index is 5.45. The predicted molar refractivity (Wildman–Crippen MR) is 77.0 cm³/mol. The van der Waals surface area contributed by atoms with E-state index in [1.165, 1.54) is 37.8 Å². The van der Waals surface area contributed by atoms with Crippen molar-refractivity contribution in [2.45, 2.75) is 38.0 Å². The molecule has 1 aromatic carbocycles. The summed E-state index contributed by atoms with van der Waals surface area (Å²) < 4.78 is 10.8. The fourth-order valence-corrected chi connectivity index (χ4v) is 3.25. The zero-order valence-corrected chi connectivity index (χ0v) is 12.4. The van der Waals surface area contributed by atoms with Crippen molar-refractivity contribution in [3.05, 3.63) is 23.8 Å². The summed E-state index contributed by atoms with van der Waals surface area (Å²) in [5.41, 5.74) is 1.74. The van der Waals surface area contributed by atoms with Crippen molar-refractivity contribution in [2.24, 2.45) is 0 Å². The Hall–Kier alpha value is -1.22. The fourth-order valence-electron chi connectivity index (χ4n) is 3.25. The van der Waals surface area contributed by atoms with Gasteiger partial charge in [0.1, 0.15) is 0 Å². The van der Waals surface area contributed by atoms with Gasteiger partial charge in [0.15, 0.2) is 11.5 Å². The van der Waals surface area contributed by atoms with E-state index in [2.05, 4.69) is 24.4 Å². The minimum absolute atomic E-state index is 0.329. The summed E-state index contributed by atoms with van der Waals surface area (Å²) in [6.07, 6.45) is 5.26. The normalized spacial score (nSPS) is 17.4. The van der Waals surface area contributed by atoms with Crippen LogP contribution in [0, 0.1) is 0 Å². The SMILES string of the molecule is CC[NH2+]CC1(c2ccc(OC)c(OC)c2)CCCC1. The molecule has 19 heavy (non-hydrogen) atoms. The molecular formula is C16H26NO2+. The highest BCUT2D eigenvalue weighted by atomic mass is 16.5. The Morgan fingerprint density at radius 2 is 1.79 bits per heavy atom. The van der Waals surface area contributed by atoms with Crippen LogP contribution in [0.3, 0.4) is 0 Å². The summed E-state index contributed by atoms with van der Waals surface area (Å²) in [5.74, 6) is 1.67. The van der Waals surface area contributed by atoms with Crippen LogP contribution in [-0.2, 0) is 5.41 Å². The van der Waals surface area contributed by atoms with Crippen molar-refractivity contribution < 1.29 is 14.8 Å². The number of hydrogen-bond donors (Lipinski definition) is 1. The Bertz CT molecular complexity index is 411. The van der Waals surface area contributed by atoms with Gasteiger partial charge in [-0.25, -0.2) is 0 Å². The molecule has 1 aromatic rings. The van der Waals surface area contributed by atoms with Gasteiger partial charge in [-0.2, -0.15) is 0 Å². The summed E-state index contributed by atoms with van der Waals surface area (Å²) in [6.45, 7) is 4.55. The van der Waals surface area contributed by atoms with Crippen LogP contribution in [0.25, 0.3) is 0 Å². The van der Waals surface area contributed by atoms with E-state index in [1.54, 1.807) is 14.2 Å². The number of hydrogen-bond acceptors (Lipinski definition) is 2. The highest BCUT2D eigenvalue weighted by Gasteiger charge is 2.37. The van der Waals surface area contributed by atoms with E-state index < -0.39 is 0 Å². The monoisotopic (exact) mass is 264 g/mol. The van der Waals surface area contributed by atoms with Gasteiger partial charge in [0, 0.05) is 5.41 Å². The van der Waals surface area contributed by atoms with Gasteiger partial charge in [0.25, 0.3) is 0 Å². The second-order valence-electron chi connectivity index (χ2n) is 5.46. The van der Waals surface area contributed by atoms with Crippen molar-refractivity contribution >= 4 is 0 Å². The predicted octanol–water partition coefficient (Wildman–Crippen LogP) is 2.10. The lowest BCUT2D eigenvalue weighted by Crippen LogP contribution is -2.87. The van der Waals surface area contributed by atoms with Gasteiger partial charge in [-0.1, -0.05) is 18.9 Å². The number of ether oxygens (including phenoxy) is 2. The van der Waals surface area contributed by atoms with Crippen molar-refractivity contribution in [2.75, 3.05) is 27.3 Å². The lowest BCUT2D eigenvalue weighted by molar-refractivity contribution is -0.659. The van der Waals surface area contributed by atoms with Crippen LogP contribution in [0.5, 0.6) is 11.5 Å². The van der Waals surface area contributed by atoms with E-state index in [1.807, 2.05) is 6.07 Å². The Kier molecular flexibility index (Phi) is 4.70. The van der Waals surface area contributed by atoms with Gasteiger partial charge in [0.2, 0.25) is 0 Å². The van der Waals surface area contributed by atoms with Gasteiger partial charge < -0.3 is 14.8 Å². The molecule has 0 spiro atoms. The zero-order valence-electron chi connectivity index (χ0n) is 12.4. The lowest BCUT2D eigenvalue weighted by atomic mass is 9.78. The number of likely N-dealkylation sites (N-methyl/N-ethyl adjacent to an activating group) is 1. The minimum Gasteiger partial charge on any atom is -0.493 e. The molecule has 0 bridgehead atoms. The number of rotatable bonds is 6. The van der Waals surface area contributed by atoms with Crippen molar-refractivity contribution in [1.29, 1.82) is 0 Å². The quantitative estimate of drug-likeness (QED) is 0.854. The molecule has 0 amide bonds. The van der Waals surface area contributed by atoms with Crippen LogP contribution < -0.4 is 14.8 Å². The van der Waals surface area contributed by atoms with Gasteiger partial charge in [0.05, 0.1) is 27.3 Å². The molecule has 0 saturated heterocycles.